The van der Waals surface area contributed by atoms with Crippen molar-refractivity contribution in [1.82, 2.24) is 5.32 Å². The van der Waals surface area contributed by atoms with Crippen molar-refractivity contribution in [2.24, 2.45) is 0 Å². The van der Waals surface area contributed by atoms with Crippen LogP contribution in [0.3, 0.4) is 0 Å². The van der Waals surface area contributed by atoms with Gasteiger partial charge in [-0.25, -0.2) is 14.4 Å². The Morgan fingerprint density at radius 2 is 1.82 bits per heavy atom. The lowest BCUT2D eigenvalue weighted by Gasteiger charge is -2.20. The third-order valence-corrected chi connectivity index (χ3v) is 2.22. The average molecular weight is 315 g/mol. The fourth-order valence-electron chi connectivity index (χ4n) is 1.31. The molecule has 0 bridgehead atoms. The molecule has 0 radical (unpaired) electrons. The van der Waals surface area contributed by atoms with Crippen LogP contribution in [-0.2, 0) is 23.8 Å². The molecule has 0 aromatic heterocycles. The van der Waals surface area contributed by atoms with Crippen LogP contribution in [0.25, 0.3) is 0 Å². The Balaban J connectivity index is 4.46. The molecule has 0 aliphatic rings. The zero-order valence-electron chi connectivity index (χ0n) is 13.9. The van der Waals surface area contributed by atoms with Gasteiger partial charge < -0.3 is 19.5 Å². The molecule has 0 aromatic rings. The summed E-state index contributed by atoms with van der Waals surface area (Å²) in [6.07, 6.45) is -1.63. The maximum atomic E-state index is 11.7. The van der Waals surface area contributed by atoms with E-state index in [-0.39, 0.29) is 25.1 Å². The van der Waals surface area contributed by atoms with Gasteiger partial charge >= 0.3 is 18.0 Å². The zero-order valence-corrected chi connectivity index (χ0v) is 13.9. The van der Waals surface area contributed by atoms with Gasteiger partial charge in [0.25, 0.3) is 0 Å². The average Bonchev–Trinajstić information content (AvgIpc) is 2.35. The Kier molecular flexibility index (Phi) is 8.22. The monoisotopic (exact) mass is 315 g/mol. The van der Waals surface area contributed by atoms with E-state index in [1.165, 1.54) is 6.92 Å². The van der Waals surface area contributed by atoms with Crippen LogP contribution in [0, 0.1) is 0 Å². The van der Waals surface area contributed by atoms with Gasteiger partial charge in [-0.1, -0.05) is 6.58 Å². The zero-order chi connectivity index (χ0) is 17.3. The molecule has 0 heterocycles. The lowest BCUT2D eigenvalue weighted by Crippen LogP contribution is -2.37. The van der Waals surface area contributed by atoms with E-state index in [4.69, 9.17) is 14.2 Å². The second-order valence-electron chi connectivity index (χ2n) is 5.64. The molecule has 1 atom stereocenters. The van der Waals surface area contributed by atoms with Crippen LogP contribution in [0.1, 0.15) is 41.0 Å². The molecule has 0 saturated heterocycles. The number of ether oxygens (including phenoxy) is 3. The van der Waals surface area contributed by atoms with Crippen LogP contribution < -0.4 is 5.32 Å². The lowest BCUT2D eigenvalue weighted by atomic mass is 10.2. The van der Waals surface area contributed by atoms with Crippen molar-refractivity contribution in [1.29, 1.82) is 0 Å². The molecule has 1 unspecified atom stereocenters. The van der Waals surface area contributed by atoms with Gasteiger partial charge in [0, 0.05) is 18.5 Å². The summed E-state index contributed by atoms with van der Waals surface area (Å²) in [4.78, 5) is 34.7. The summed E-state index contributed by atoms with van der Waals surface area (Å²) >= 11 is 0. The van der Waals surface area contributed by atoms with Crippen molar-refractivity contribution in [3.05, 3.63) is 12.2 Å². The van der Waals surface area contributed by atoms with E-state index >= 15 is 0 Å². The number of nitrogens with one attached hydrogen (secondary N) is 1. The van der Waals surface area contributed by atoms with E-state index in [2.05, 4.69) is 11.9 Å². The van der Waals surface area contributed by atoms with Gasteiger partial charge in [0.1, 0.15) is 5.60 Å². The van der Waals surface area contributed by atoms with Gasteiger partial charge in [0.05, 0.1) is 6.61 Å². The highest BCUT2D eigenvalue weighted by Crippen LogP contribution is 2.08. The summed E-state index contributed by atoms with van der Waals surface area (Å²) in [5, 5.41) is 2.49. The number of esters is 2. The normalized spacial score (nSPS) is 12.0. The van der Waals surface area contributed by atoms with Crippen LogP contribution in [-0.4, -0.2) is 42.9 Å². The van der Waals surface area contributed by atoms with E-state index in [1.807, 2.05) is 0 Å². The molecule has 0 rings (SSSR count). The van der Waals surface area contributed by atoms with E-state index in [0.29, 0.717) is 0 Å². The van der Waals surface area contributed by atoms with Gasteiger partial charge in [-0.3, -0.25) is 0 Å². The summed E-state index contributed by atoms with van der Waals surface area (Å²) in [5.41, 5.74) is -0.439. The van der Waals surface area contributed by atoms with Gasteiger partial charge in [-0.05, 0) is 34.6 Å². The number of carbonyl (C=O) groups excluding carboxylic acids is 3. The topological polar surface area (TPSA) is 90.9 Å². The van der Waals surface area contributed by atoms with Crippen molar-refractivity contribution in [3.8, 4) is 0 Å². The molecular weight excluding hydrogens is 290 g/mol. The molecule has 0 saturated carbocycles. The lowest BCUT2D eigenvalue weighted by molar-refractivity contribution is -0.165. The van der Waals surface area contributed by atoms with Crippen LogP contribution in [0.2, 0.25) is 0 Å². The molecular formula is C15H25NO6. The summed E-state index contributed by atoms with van der Waals surface area (Å²) in [5.74, 6) is -1.35. The number of hydrogen-bond acceptors (Lipinski definition) is 6. The van der Waals surface area contributed by atoms with Crippen LogP contribution >= 0.6 is 0 Å². The molecule has 0 spiro atoms. The first kappa shape index (κ1) is 19.9. The summed E-state index contributed by atoms with van der Waals surface area (Å²) in [7, 11) is 0. The van der Waals surface area contributed by atoms with Crippen LogP contribution in [0.5, 0.6) is 0 Å². The third-order valence-electron chi connectivity index (χ3n) is 2.22. The Hall–Kier alpha value is -2.05. The SMILES string of the molecule is C=C(C)C(=O)OC(CCNC(=O)OC(C)(C)C)C(=O)OCC. The quantitative estimate of drug-likeness (QED) is 0.439. The van der Waals surface area contributed by atoms with Crippen LogP contribution in [0.4, 0.5) is 4.79 Å². The standard InChI is InChI=1S/C15H25NO6/c1-7-20-13(18)11(21-12(17)10(2)3)8-9-16-14(19)22-15(4,5)6/h11H,2,7-9H2,1,3-6H3,(H,16,19). The van der Waals surface area contributed by atoms with Crippen molar-refractivity contribution in [2.75, 3.05) is 13.2 Å². The number of hydrogen-bond donors (Lipinski definition) is 1. The van der Waals surface area contributed by atoms with E-state index in [0.717, 1.165) is 0 Å². The van der Waals surface area contributed by atoms with Crippen LogP contribution in [0.15, 0.2) is 12.2 Å². The molecule has 0 fully saturated rings. The molecule has 1 N–H and O–H groups in total. The van der Waals surface area contributed by atoms with Gasteiger partial charge in [-0.15, -0.1) is 0 Å². The Morgan fingerprint density at radius 3 is 2.27 bits per heavy atom. The smallest absolute Gasteiger partial charge is 0.407 e. The number of carbonyl (C=O) groups is 3. The van der Waals surface area contributed by atoms with Gasteiger partial charge in [0.2, 0.25) is 6.10 Å². The molecule has 0 aliphatic heterocycles. The van der Waals surface area contributed by atoms with Crippen molar-refractivity contribution in [3.63, 3.8) is 0 Å². The van der Waals surface area contributed by atoms with Crippen molar-refractivity contribution >= 4 is 18.0 Å². The number of rotatable bonds is 7. The molecule has 0 aliphatic carbocycles. The van der Waals surface area contributed by atoms with Crippen molar-refractivity contribution < 1.29 is 28.6 Å². The second kappa shape index (κ2) is 9.07. The van der Waals surface area contributed by atoms with Gasteiger partial charge in [0.15, 0.2) is 0 Å². The van der Waals surface area contributed by atoms with E-state index < -0.39 is 29.7 Å². The number of alkyl carbamates (subject to hydrolysis) is 1. The fourth-order valence-corrected chi connectivity index (χ4v) is 1.31. The molecule has 126 valence electrons. The second-order valence-corrected chi connectivity index (χ2v) is 5.64. The first-order chi connectivity index (χ1) is 10.1. The Labute approximate surface area is 131 Å². The van der Waals surface area contributed by atoms with Crippen molar-refractivity contribution in [2.45, 2.75) is 52.7 Å². The number of amides is 1. The van der Waals surface area contributed by atoms with Gasteiger partial charge in [-0.2, -0.15) is 0 Å². The predicted molar refractivity (Wildman–Crippen MR) is 80.2 cm³/mol. The molecule has 0 aromatic carbocycles. The summed E-state index contributed by atoms with van der Waals surface area (Å²) < 4.78 is 14.9. The molecule has 22 heavy (non-hydrogen) atoms. The molecule has 7 heteroatoms. The minimum atomic E-state index is -1.10. The minimum absolute atomic E-state index is 0.0805. The largest absolute Gasteiger partial charge is 0.463 e. The van der Waals surface area contributed by atoms with E-state index in [1.54, 1.807) is 27.7 Å². The molecule has 7 nitrogen and oxygen atoms in total. The Morgan fingerprint density at radius 1 is 1.23 bits per heavy atom. The highest BCUT2D eigenvalue weighted by molar-refractivity contribution is 5.89. The first-order valence-corrected chi connectivity index (χ1v) is 7.06. The van der Waals surface area contributed by atoms with E-state index in [9.17, 15) is 14.4 Å². The maximum absolute atomic E-state index is 11.7. The highest BCUT2D eigenvalue weighted by Gasteiger charge is 2.25. The predicted octanol–water partition coefficient (Wildman–Crippen LogP) is 1.95. The third kappa shape index (κ3) is 8.99. The highest BCUT2D eigenvalue weighted by atomic mass is 16.6. The first-order valence-electron chi connectivity index (χ1n) is 7.06. The summed E-state index contributed by atoms with van der Waals surface area (Å²) in [6, 6.07) is 0. The maximum Gasteiger partial charge on any atom is 0.407 e. The molecule has 1 amide bonds. The fraction of sp³-hybridized carbons (Fsp3) is 0.667. The summed E-state index contributed by atoms with van der Waals surface area (Å²) in [6.45, 7) is 12.1. The minimum Gasteiger partial charge on any atom is -0.463 e. The Bertz CT molecular complexity index is 424.